The number of H-pyrrole nitrogens is 1. The van der Waals surface area contributed by atoms with Gasteiger partial charge in [0.05, 0.1) is 18.3 Å². The van der Waals surface area contributed by atoms with Crippen molar-refractivity contribution in [2.75, 3.05) is 24.8 Å². The molecule has 2 atom stereocenters. The summed E-state index contributed by atoms with van der Waals surface area (Å²) in [5.41, 5.74) is 0.818. The Morgan fingerprint density at radius 2 is 2.25 bits per heavy atom. The molecule has 1 unspecified atom stereocenters. The van der Waals surface area contributed by atoms with Crippen LogP contribution in [0.3, 0.4) is 0 Å². The molecule has 1 saturated carbocycles. The molecular weight excluding hydrogens is 362 g/mol. The first-order valence-corrected chi connectivity index (χ1v) is 8.95. The van der Waals surface area contributed by atoms with Crippen molar-refractivity contribution in [3.05, 3.63) is 46.5 Å². The molecule has 10 nitrogen and oxygen atoms in total. The molecular formula is C18H21N7O3. The van der Waals surface area contributed by atoms with Gasteiger partial charge < -0.3 is 25.7 Å². The van der Waals surface area contributed by atoms with Crippen LogP contribution in [0.5, 0.6) is 0 Å². The summed E-state index contributed by atoms with van der Waals surface area (Å²) in [5, 5.41) is 13.3. The number of nitrogens with one attached hydrogen (secondary N) is 4. The van der Waals surface area contributed by atoms with Gasteiger partial charge in [0.2, 0.25) is 0 Å². The van der Waals surface area contributed by atoms with E-state index in [4.69, 9.17) is 4.74 Å². The van der Waals surface area contributed by atoms with Crippen LogP contribution in [-0.4, -0.2) is 51.8 Å². The van der Waals surface area contributed by atoms with Gasteiger partial charge in [-0.3, -0.25) is 9.59 Å². The highest BCUT2D eigenvalue weighted by Gasteiger charge is 2.33. The molecule has 3 aromatic heterocycles. The molecule has 1 fully saturated rings. The third-order valence-electron chi connectivity index (χ3n) is 4.88. The van der Waals surface area contributed by atoms with Crippen LogP contribution < -0.4 is 21.5 Å². The van der Waals surface area contributed by atoms with E-state index in [-0.39, 0.29) is 23.6 Å². The van der Waals surface area contributed by atoms with E-state index in [1.54, 1.807) is 43.1 Å². The Hall–Kier alpha value is -3.40. The van der Waals surface area contributed by atoms with Crippen molar-refractivity contribution < 1.29 is 9.53 Å². The molecule has 3 heterocycles. The van der Waals surface area contributed by atoms with Crippen LogP contribution in [0.15, 0.2) is 35.4 Å². The molecule has 0 saturated heterocycles. The van der Waals surface area contributed by atoms with Gasteiger partial charge in [0.1, 0.15) is 22.9 Å². The van der Waals surface area contributed by atoms with E-state index in [2.05, 4.69) is 31.0 Å². The van der Waals surface area contributed by atoms with Crippen LogP contribution in [0, 0.1) is 0 Å². The number of hydrogen-bond donors (Lipinski definition) is 4. The second-order valence-electron chi connectivity index (χ2n) is 6.54. The fourth-order valence-corrected chi connectivity index (χ4v) is 3.19. The van der Waals surface area contributed by atoms with E-state index in [0.29, 0.717) is 28.5 Å². The number of anilines is 3. The number of rotatable bonds is 6. The molecule has 10 heteroatoms. The molecule has 0 aromatic carbocycles. The van der Waals surface area contributed by atoms with Gasteiger partial charge in [-0.1, -0.05) is 0 Å². The highest BCUT2D eigenvalue weighted by molar-refractivity contribution is 6.00. The summed E-state index contributed by atoms with van der Waals surface area (Å²) in [6.07, 6.45) is 4.88. The van der Waals surface area contributed by atoms with E-state index < -0.39 is 0 Å². The Balaban J connectivity index is 1.68. The van der Waals surface area contributed by atoms with Gasteiger partial charge in [0.25, 0.3) is 11.5 Å². The van der Waals surface area contributed by atoms with E-state index in [1.807, 2.05) is 0 Å². The average molecular weight is 383 g/mol. The maximum Gasteiger partial charge on any atom is 0.271 e. The molecule has 4 rings (SSSR count). The van der Waals surface area contributed by atoms with Gasteiger partial charge in [-0.2, -0.15) is 9.61 Å². The Kier molecular flexibility index (Phi) is 4.70. The van der Waals surface area contributed by atoms with Crippen molar-refractivity contribution in [3.63, 3.8) is 0 Å². The number of aromatic nitrogens is 4. The quantitative estimate of drug-likeness (QED) is 0.502. The van der Waals surface area contributed by atoms with E-state index in [9.17, 15) is 9.59 Å². The summed E-state index contributed by atoms with van der Waals surface area (Å²) < 4.78 is 6.88. The number of carbonyl (C=O) groups is 1. The zero-order chi connectivity index (χ0) is 19.7. The second kappa shape index (κ2) is 7.31. The summed E-state index contributed by atoms with van der Waals surface area (Å²) in [4.78, 5) is 31.8. The Labute approximate surface area is 160 Å². The average Bonchev–Trinajstić information content (AvgIpc) is 3.10. The maximum absolute atomic E-state index is 12.8. The van der Waals surface area contributed by atoms with Gasteiger partial charge in [0.15, 0.2) is 5.65 Å². The summed E-state index contributed by atoms with van der Waals surface area (Å²) >= 11 is 0. The van der Waals surface area contributed by atoms with Crippen LogP contribution in [0.2, 0.25) is 0 Å². The van der Waals surface area contributed by atoms with Gasteiger partial charge >= 0.3 is 0 Å². The monoisotopic (exact) mass is 383 g/mol. The van der Waals surface area contributed by atoms with E-state index in [0.717, 1.165) is 12.8 Å². The lowest BCUT2D eigenvalue weighted by atomic mass is 9.89. The highest BCUT2D eigenvalue weighted by atomic mass is 16.5. The molecule has 1 aliphatic carbocycles. The topological polar surface area (TPSA) is 125 Å². The Morgan fingerprint density at radius 1 is 1.39 bits per heavy atom. The van der Waals surface area contributed by atoms with Crippen molar-refractivity contribution >= 4 is 28.9 Å². The summed E-state index contributed by atoms with van der Waals surface area (Å²) in [5.74, 6) is 0.782. The lowest BCUT2D eigenvalue weighted by Crippen LogP contribution is -2.51. The fourth-order valence-electron chi connectivity index (χ4n) is 3.19. The first-order chi connectivity index (χ1) is 13.6. The normalized spacial score (nSPS) is 18.5. The van der Waals surface area contributed by atoms with Crippen LogP contribution in [-0.2, 0) is 4.74 Å². The number of amides is 1. The second-order valence-corrected chi connectivity index (χ2v) is 6.54. The number of methoxy groups -OCH3 is 1. The largest absolute Gasteiger partial charge is 0.379 e. The third-order valence-corrected chi connectivity index (χ3v) is 4.88. The minimum absolute atomic E-state index is 0.0135. The smallest absolute Gasteiger partial charge is 0.271 e. The Bertz CT molecular complexity index is 1070. The first kappa shape index (κ1) is 18.0. The van der Waals surface area contributed by atoms with Crippen molar-refractivity contribution in [2.45, 2.75) is 25.0 Å². The molecule has 28 heavy (non-hydrogen) atoms. The SMILES string of the molecule is CNc1cc(Nc2ccc[nH]c2=O)nc2c(C(=O)NC3CC[C@@H]3OC)cnn12. The predicted molar refractivity (Wildman–Crippen MR) is 104 cm³/mol. The van der Waals surface area contributed by atoms with Crippen LogP contribution in [0.1, 0.15) is 23.2 Å². The number of ether oxygens (including phenoxy) is 1. The molecule has 146 valence electrons. The Morgan fingerprint density at radius 3 is 2.93 bits per heavy atom. The molecule has 3 aromatic rings. The first-order valence-electron chi connectivity index (χ1n) is 8.95. The van der Waals surface area contributed by atoms with Crippen molar-refractivity contribution in [3.8, 4) is 0 Å². The van der Waals surface area contributed by atoms with Gasteiger partial charge in [-0.25, -0.2) is 4.98 Å². The zero-order valence-corrected chi connectivity index (χ0v) is 15.5. The minimum atomic E-state index is -0.266. The van der Waals surface area contributed by atoms with Crippen LogP contribution in [0.4, 0.5) is 17.3 Å². The van der Waals surface area contributed by atoms with Gasteiger partial charge in [-0.15, -0.1) is 0 Å². The number of hydrogen-bond acceptors (Lipinski definition) is 7. The standard InChI is InChI=1S/C18H21N7O3/c1-19-15-8-14(22-12-4-3-7-20-18(12)27)24-16-10(9-21-25(15)16)17(26)23-11-5-6-13(11)28-2/h3-4,7-9,11,13,19H,5-6H2,1-2H3,(H,20,27)(H,22,24)(H,23,26)/t11?,13-/m0/s1. The molecule has 4 N–H and O–H groups in total. The van der Waals surface area contributed by atoms with Gasteiger partial charge in [-0.05, 0) is 25.0 Å². The lowest BCUT2D eigenvalue weighted by molar-refractivity contribution is 0.00732. The number of pyridine rings is 1. The van der Waals surface area contributed by atoms with Gasteiger partial charge in [0, 0.05) is 26.4 Å². The number of nitrogens with zero attached hydrogens (tertiary/aromatic N) is 3. The number of carbonyl (C=O) groups excluding carboxylic acids is 1. The van der Waals surface area contributed by atoms with Crippen LogP contribution >= 0.6 is 0 Å². The number of fused-ring (bicyclic) bond motifs is 1. The minimum Gasteiger partial charge on any atom is -0.379 e. The molecule has 0 aliphatic heterocycles. The molecule has 0 radical (unpaired) electrons. The van der Waals surface area contributed by atoms with E-state index in [1.165, 1.54) is 6.20 Å². The lowest BCUT2D eigenvalue weighted by Gasteiger charge is -2.35. The third kappa shape index (κ3) is 3.18. The summed E-state index contributed by atoms with van der Waals surface area (Å²) in [7, 11) is 3.38. The molecule has 0 spiro atoms. The van der Waals surface area contributed by atoms with Crippen molar-refractivity contribution in [1.29, 1.82) is 0 Å². The predicted octanol–water partition coefficient (Wildman–Crippen LogP) is 1.11. The fraction of sp³-hybridized carbons (Fsp3) is 0.333. The van der Waals surface area contributed by atoms with Crippen molar-refractivity contribution in [1.82, 2.24) is 24.9 Å². The molecule has 1 amide bonds. The zero-order valence-electron chi connectivity index (χ0n) is 15.5. The molecule has 0 bridgehead atoms. The number of aromatic amines is 1. The maximum atomic E-state index is 12.8. The van der Waals surface area contributed by atoms with Crippen LogP contribution in [0.25, 0.3) is 5.65 Å². The highest BCUT2D eigenvalue weighted by Crippen LogP contribution is 2.24. The molecule has 1 aliphatic rings. The van der Waals surface area contributed by atoms with E-state index >= 15 is 0 Å². The summed E-state index contributed by atoms with van der Waals surface area (Å²) in [6, 6.07) is 5.06. The summed E-state index contributed by atoms with van der Waals surface area (Å²) in [6.45, 7) is 0. The van der Waals surface area contributed by atoms with Crippen molar-refractivity contribution in [2.24, 2.45) is 0 Å².